The van der Waals surface area contributed by atoms with Crippen LogP contribution in [0.4, 0.5) is 0 Å². The summed E-state index contributed by atoms with van der Waals surface area (Å²) in [4.78, 5) is 15.3. The zero-order valence-corrected chi connectivity index (χ0v) is 21.8. The van der Waals surface area contributed by atoms with Crippen molar-refractivity contribution in [2.75, 3.05) is 26.3 Å². The molecule has 2 aromatic heterocycles. The van der Waals surface area contributed by atoms with Crippen LogP contribution in [0.15, 0.2) is 60.9 Å². The molecule has 10 heteroatoms. The van der Waals surface area contributed by atoms with Crippen LogP contribution in [0.1, 0.15) is 42.6 Å². The first-order chi connectivity index (χ1) is 18.6. The molecule has 0 aliphatic carbocycles. The molecule has 2 N–H and O–H groups in total. The third-order valence-electron chi connectivity index (χ3n) is 6.62. The molecule has 10 nitrogen and oxygen atoms in total. The summed E-state index contributed by atoms with van der Waals surface area (Å²) in [6.07, 6.45) is 5.77. The lowest BCUT2D eigenvalue weighted by molar-refractivity contribution is 0.0909. The quantitative estimate of drug-likeness (QED) is 0.330. The molecule has 0 saturated carbocycles. The maximum absolute atomic E-state index is 12.9. The molecule has 2 aromatic carbocycles. The van der Waals surface area contributed by atoms with Crippen LogP contribution in [-0.4, -0.2) is 68.3 Å². The van der Waals surface area contributed by atoms with Crippen molar-refractivity contribution in [2.45, 2.75) is 39.3 Å². The Balaban J connectivity index is 1.22. The van der Waals surface area contributed by atoms with Gasteiger partial charge in [-0.3, -0.25) is 9.69 Å². The molecule has 1 saturated heterocycles. The van der Waals surface area contributed by atoms with Gasteiger partial charge in [-0.15, -0.1) is 10.2 Å². The number of benzene rings is 2. The Bertz CT molecular complexity index is 1300. The van der Waals surface area contributed by atoms with Crippen molar-refractivity contribution in [3.63, 3.8) is 0 Å². The summed E-state index contributed by atoms with van der Waals surface area (Å²) in [6, 6.07) is 15.6. The fraction of sp³-hybridized carbons (Fsp3) is 0.357. The lowest BCUT2D eigenvalue weighted by Gasteiger charge is -2.32. The monoisotopic (exact) mass is 515 g/mol. The van der Waals surface area contributed by atoms with Crippen molar-refractivity contribution >= 4 is 5.91 Å². The normalized spacial score (nSPS) is 14.4. The number of hydrogen-bond acceptors (Lipinski definition) is 7. The molecule has 0 radical (unpaired) electrons. The highest BCUT2D eigenvalue weighted by atomic mass is 16.5. The van der Waals surface area contributed by atoms with Gasteiger partial charge in [-0.25, -0.2) is 0 Å². The molecule has 3 heterocycles. The molecule has 5 rings (SSSR count). The van der Waals surface area contributed by atoms with Crippen LogP contribution in [-0.2, 0) is 6.54 Å². The molecule has 0 atom stereocenters. The number of piperidine rings is 1. The van der Waals surface area contributed by atoms with E-state index in [9.17, 15) is 4.79 Å². The van der Waals surface area contributed by atoms with Gasteiger partial charge in [-0.05, 0) is 73.9 Å². The van der Waals surface area contributed by atoms with Crippen molar-refractivity contribution in [2.24, 2.45) is 0 Å². The maximum Gasteiger partial charge on any atom is 0.251 e. The lowest BCUT2D eigenvalue weighted by atomic mass is 10.0. The number of carbonyl (C=O) groups is 1. The Hall–Kier alpha value is -4.18. The van der Waals surface area contributed by atoms with E-state index >= 15 is 0 Å². The second-order valence-electron chi connectivity index (χ2n) is 9.24. The van der Waals surface area contributed by atoms with Gasteiger partial charge >= 0.3 is 0 Å². The van der Waals surface area contributed by atoms with Gasteiger partial charge in [0, 0.05) is 49.2 Å². The smallest absolute Gasteiger partial charge is 0.251 e. The largest absolute Gasteiger partial charge is 0.492 e. The van der Waals surface area contributed by atoms with E-state index in [0.717, 1.165) is 60.8 Å². The number of hydrogen-bond donors (Lipinski definition) is 2. The minimum Gasteiger partial charge on any atom is -0.492 e. The SMILES string of the molecule is CCOc1cc(CN2CCC(NC(=O)c3cccc(-c4nn[nH]n4)c3)CC2)cc(OCC)c1-n1cccc1. The van der Waals surface area contributed by atoms with Gasteiger partial charge in [0.1, 0.15) is 17.2 Å². The van der Waals surface area contributed by atoms with Crippen LogP contribution in [0.5, 0.6) is 11.5 Å². The molecule has 0 spiro atoms. The molecule has 0 unspecified atom stereocenters. The van der Waals surface area contributed by atoms with Gasteiger partial charge in [-0.2, -0.15) is 5.21 Å². The molecule has 1 fully saturated rings. The number of aromatic amines is 1. The Morgan fingerprint density at radius 3 is 2.37 bits per heavy atom. The fourth-order valence-electron chi connectivity index (χ4n) is 4.84. The van der Waals surface area contributed by atoms with E-state index in [1.807, 2.05) is 55.1 Å². The minimum atomic E-state index is -0.0860. The zero-order chi connectivity index (χ0) is 26.3. The Morgan fingerprint density at radius 2 is 1.74 bits per heavy atom. The predicted octanol–water partition coefficient (Wildman–Crippen LogP) is 3.85. The van der Waals surface area contributed by atoms with Crippen LogP contribution in [0.25, 0.3) is 17.1 Å². The molecule has 1 amide bonds. The number of H-pyrrole nitrogens is 1. The zero-order valence-electron chi connectivity index (χ0n) is 21.8. The van der Waals surface area contributed by atoms with E-state index in [0.29, 0.717) is 24.6 Å². The molecule has 4 aromatic rings. The van der Waals surface area contributed by atoms with Crippen LogP contribution in [0.3, 0.4) is 0 Å². The molecule has 198 valence electrons. The van der Waals surface area contributed by atoms with Crippen molar-refractivity contribution in [3.05, 3.63) is 72.1 Å². The average Bonchev–Trinajstić information content (AvgIpc) is 3.66. The van der Waals surface area contributed by atoms with E-state index in [4.69, 9.17) is 9.47 Å². The summed E-state index contributed by atoms with van der Waals surface area (Å²) >= 11 is 0. The first-order valence-electron chi connectivity index (χ1n) is 13.1. The Morgan fingerprint density at radius 1 is 1.03 bits per heavy atom. The number of rotatable bonds is 10. The van der Waals surface area contributed by atoms with Crippen LogP contribution in [0, 0.1) is 0 Å². The standard InChI is InChI=1S/C28H33N7O3/c1-3-37-24-16-20(17-25(38-4-2)26(24)35-12-5-6-13-35)19-34-14-10-23(11-15-34)29-28(36)22-9-7-8-21(18-22)27-30-32-33-31-27/h5-9,12-13,16-18,23H,3-4,10-11,14-15,19H2,1-2H3,(H,29,36)(H,30,31,32,33). The third kappa shape index (κ3) is 5.86. The second-order valence-corrected chi connectivity index (χ2v) is 9.24. The number of aromatic nitrogens is 5. The van der Waals surface area contributed by atoms with Crippen molar-refractivity contribution < 1.29 is 14.3 Å². The topological polar surface area (TPSA) is 110 Å². The number of tetrazole rings is 1. The number of ether oxygens (including phenoxy) is 2. The van der Waals surface area contributed by atoms with Gasteiger partial charge in [0.25, 0.3) is 5.91 Å². The number of carbonyl (C=O) groups excluding carboxylic acids is 1. The van der Waals surface area contributed by atoms with Gasteiger partial charge in [0.15, 0.2) is 0 Å². The highest BCUT2D eigenvalue weighted by Crippen LogP contribution is 2.35. The molecular weight excluding hydrogens is 482 g/mol. The summed E-state index contributed by atoms with van der Waals surface area (Å²) < 4.78 is 14.1. The van der Waals surface area contributed by atoms with Gasteiger partial charge < -0.3 is 19.4 Å². The third-order valence-corrected chi connectivity index (χ3v) is 6.62. The summed E-state index contributed by atoms with van der Waals surface area (Å²) in [7, 11) is 0. The Labute approximate surface area is 222 Å². The van der Waals surface area contributed by atoms with Crippen molar-refractivity contribution in [1.29, 1.82) is 0 Å². The minimum absolute atomic E-state index is 0.0860. The molecule has 1 aliphatic heterocycles. The first kappa shape index (κ1) is 25.5. The number of likely N-dealkylation sites (tertiary alicyclic amines) is 1. The van der Waals surface area contributed by atoms with E-state index in [2.05, 4.69) is 43.0 Å². The summed E-state index contributed by atoms with van der Waals surface area (Å²) in [6.45, 7) is 7.71. The number of amides is 1. The highest BCUT2D eigenvalue weighted by Gasteiger charge is 2.23. The lowest BCUT2D eigenvalue weighted by Crippen LogP contribution is -2.44. The number of nitrogens with one attached hydrogen (secondary N) is 2. The average molecular weight is 516 g/mol. The fourth-order valence-corrected chi connectivity index (χ4v) is 4.84. The first-order valence-corrected chi connectivity index (χ1v) is 13.1. The van der Waals surface area contributed by atoms with Gasteiger partial charge in [-0.1, -0.05) is 12.1 Å². The molecule has 0 bridgehead atoms. The molecule has 1 aliphatic rings. The van der Waals surface area contributed by atoms with E-state index in [-0.39, 0.29) is 11.9 Å². The van der Waals surface area contributed by atoms with Crippen LogP contribution in [0.2, 0.25) is 0 Å². The summed E-state index contributed by atoms with van der Waals surface area (Å²) in [5, 5.41) is 17.2. The van der Waals surface area contributed by atoms with Crippen LogP contribution < -0.4 is 14.8 Å². The summed E-state index contributed by atoms with van der Waals surface area (Å²) in [5.74, 6) is 2.01. The van der Waals surface area contributed by atoms with Gasteiger partial charge in [0.2, 0.25) is 5.82 Å². The predicted molar refractivity (Wildman–Crippen MR) is 143 cm³/mol. The van der Waals surface area contributed by atoms with Gasteiger partial charge in [0.05, 0.1) is 13.2 Å². The number of nitrogens with zero attached hydrogens (tertiary/aromatic N) is 5. The molecular formula is C28H33N7O3. The maximum atomic E-state index is 12.9. The van der Waals surface area contributed by atoms with E-state index < -0.39 is 0 Å². The van der Waals surface area contributed by atoms with E-state index in [1.54, 1.807) is 12.1 Å². The van der Waals surface area contributed by atoms with Crippen LogP contribution >= 0.6 is 0 Å². The van der Waals surface area contributed by atoms with Crippen molar-refractivity contribution in [1.82, 2.24) is 35.4 Å². The van der Waals surface area contributed by atoms with E-state index in [1.165, 1.54) is 0 Å². The molecule has 38 heavy (non-hydrogen) atoms. The highest BCUT2D eigenvalue weighted by molar-refractivity contribution is 5.95. The van der Waals surface area contributed by atoms with Crippen molar-refractivity contribution in [3.8, 4) is 28.6 Å². The summed E-state index contributed by atoms with van der Waals surface area (Å²) in [5.41, 5.74) is 3.41. The second kappa shape index (κ2) is 11.9. The Kier molecular flexibility index (Phi) is 7.98.